The van der Waals surface area contributed by atoms with Crippen molar-refractivity contribution in [3.63, 3.8) is 0 Å². The van der Waals surface area contributed by atoms with E-state index in [1.165, 1.54) is 0 Å². The van der Waals surface area contributed by atoms with Crippen LogP contribution >= 0.6 is 0 Å². The molecule has 0 heterocycles. The fraction of sp³-hybridized carbons (Fsp3) is 0.200. The molecule has 0 spiro atoms. The molecular formula is C10H11F2N3O3. The van der Waals surface area contributed by atoms with Gasteiger partial charge in [0.2, 0.25) is 0 Å². The molecule has 0 unspecified atom stereocenters. The summed E-state index contributed by atoms with van der Waals surface area (Å²) in [5, 5.41) is 2.07. The van der Waals surface area contributed by atoms with Gasteiger partial charge in [-0.3, -0.25) is 0 Å². The average molecular weight is 259 g/mol. The molecule has 0 aromatic heterocycles. The number of hydrazine groups is 1. The Labute approximate surface area is 101 Å². The van der Waals surface area contributed by atoms with Crippen LogP contribution in [0.3, 0.4) is 0 Å². The van der Waals surface area contributed by atoms with Crippen LogP contribution < -0.4 is 16.2 Å². The molecule has 0 atom stereocenters. The average Bonchev–Trinajstić information content (AvgIpc) is 2.31. The number of nitrogens with one attached hydrogen (secondary N) is 3. The molecular weight excluding hydrogens is 248 g/mol. The molecule has 0 saturated heterocycles. The SMILES string of the molecule is CCOC(=O)NNC(=O)Nc1ccc(F)cc1F. The van der Waals surface area contributed by atoms with E-state index < -0.39 is 23.8 Å². The third kappa shape index (κ3) is 4.24. The van der Waals surface area contributed by atoms with Crippen LogP contribution in [0.5, 0.6) is 0 Å². The van der Waals surface area contributed by atoms with Gasteiger partial charge in [-0.25, -0.2) is 29.2 Å². The number of benzene rings is 1. The zero-order valence-electron chi connectivity index (χ0n) is 9.42. The standard InChI is InChI=1S/C10H11F2N3O3/c1-2-18-10(17)15-14-9(16)13-8-4-3-6(11)5-7(8)12/h3-5H,2H2,1H3,(H,15,17)(H2,13,14,16). The van der Waals surface area contributed by atoms with Crippen LogP contribution in [-0.4, -0.2) is 18.7 Å². The monoisotopic (exact) mass is 259 g/mol. The minimum absolute atomic E-state index is 0.141. The van der Waals surface area contributed by atoms with Crippen molar-refractivity contribution < 1.29 is 23.1 Å². The molecule has 0 fully saturated rings. The Bertz CT molecular complexity index is 454. The van der Waals surface area contributed by atoms with E-state index in [1.54, 1.807) is 6.92 Å². The normalized spacial score (nSPS) is 9.50. The summed E-state index contributed by atoms with van der Waals surface area (Å²) >= 11 is 0. The van der Waals surface area contributed by atoms with Crippen molar-refractivity contribution in [3.8, 4) is 0 Å². The number of carbonyl (C=O) groups is 2. The van der Waals surface area contributed by atoms with E-state index in [0.29, 0.717) is 6.07 Å². The summed E-state index contributed by atoms with van der Waals surface area (Å²) in [5.41, 5.74) is 3.61. The minimum atomic E-state index is -0.929. The van der Waals surface area contributed by atoms with Gasteiger partial charge in [0.15, 0.2) is 0 Å². The highest BCUT2D eigenvalue weighted by Gasteiger charge is 2.08. The first-order valence-electron chi connectivity index (χ1n) is 4.97. The van der Waals surface area contributed by atoms with Gasteiger partial charge in [-0.15, -0.1) is 0 Å². The number of anilines is 1. The van der Waals surface area contributed by atoms with Gasteiger partial charge in [0.05, 0.1) is 12.3 Å². The van der Waals surface area contributed by atoms with E-state index in [-0.39, 0.29) is 12.3 Å². The third-order valence-electron chi connectivity index (χ3n) is 1.73. The summed E-state index contributed by atoms with van der Waals surface area (Å²) in [7, 11) is 0. The Hall–Kier alpha value is -2.38. The lowest BCUT2D eigenvalue weighted by Crippen LogP contribution is -2.44. The van der Waals surface area contributed by atoms with Crippen molar-refractivity contribution in [1.82, 2.24) is 10.9 Å². The molecule has 8 heteroatoms. The summed E-state index contributed by atoms with van der Waals surface area (Å²) in [5.74, 6) is -1.69. The Kier molecular flexibility index (Phi) is 4.85. The Morgan fingerprint density at radius 2 is 2.00 bits per heavy atom. The van der Waals surface area contributed by atoms with Crippen molar-refractivity contribution in [2.75, 3.05) is 11.9 Å². The maximum Gasteiger partial charge on any atom is 0.426 e. The second-order valence-electron chi connectivity index (χ2n) is 3.05. The van der Waals surface area contributed by atoms with Gasteiger partial charge in [-0.2, -0.15) is 0 Å². The fourth-order valence-corrected chi connectivity index (χ4v) is 1.02. The quantitative estimate of drug-likeness (QED) is 0.708. The Morgan fingerprint density at radius 3 is 2.61 bits per heavy atom. The highest BCUT2D eigenvalue weighted by Crippen LogP contribution is 2.14. The largest absolute Gasteiger partial charge is 0.449 e. The van der Waals surface area contributed by atoms with Crippen molar-refractivity contribution in [3.05, 3.63) is 29.8 Å². The maximum atomic E-state index is 13.1. The van der Waals surface area contributed by atoms with E-state index in [2.05, 4.69) is 10.1 Å². The molecule has 0 aliphatic rings. The number of carbonyl (C=O) groups excluding carboxylic acids is 2. The fourth-order valence-electron chi connectivity index (χ4n) is 1.02. The van der Waals surface area contributed by atoms with Gasteiger partial charge in [0, 0.05) is 6.07 Å². The lowest BCUT2D eigenvalue weighted by atomic mass is 10.3. The smallest absolute Gasteiger partial charge is 0.426 e. The highest BCUT2D eigenvalue weighted by atomic mass is 19.1. The van der Waals surface area contributed by atoms with Gasteiger partial charge in [-0.1, -0.05) is 0 Å². The number of hydrogen-bond acceptors (Lipinski definition) is 3. The zero-order chi connectivity index (χ0) is 13.5. The number of halogens is 2. The molecule has 3 amide bonds. The zero-order valence-corrected chi connectivity index (χ0v) is 9.42. The molecule has 98 valence electrons. The van der Waals surface area contributed by atoms with Crippen LogP contribution in [0.25, 0.3) is 0 Å². The number of ether oxygens (including phenoxy) is 1. The highest BCUT2D eigenvalue weighted by molar-refractivity contribution is 5.90. The molecule has 0 bridgehead atoms. The first-order valence-corrected chi connectivity index (χ1v) is 4.97. The molecule has 3 N–H and O–H groups in total. The minimum Gasteiger partial charge on any atom is -0.449 e. The van der Waals surface area contributed by atoms with Gasteiger partial charge in [0.1, 0.15) is 11.6 Å². The van der Waals surface area contributed by atoms with Crippen LogP contribution in [0.15, 0.2) is 18.2 Å². The van der Waals surface area contributed by atoms with Crippen LogP contribution in [0.4, 0.5) is 24.1 Å². The molecule has 0 aliphatic carbocycles. The lowest BCUT2D eigenvalue weighted by molar-refractivity contribution is 0.148. The first-order chi connectivity index (χ1) is 8.52. The first kappa shape index (κ1) is 13.7. The molecule has 1 aromatic carbocycles. The molecule has 0 aliphatic heterocycles. The summed E-state index contributed by atoms with van der Waals surface area (Å²) in [6, 6.07) is 1.76. The van der Waals surface area contributed by atoms with Crippen molar-refractivity contribution in [2.24, 2.45) is 0 Å². The van der Waals surface area contributed by atoms with Crippen LogP contribution in [0.1, 0.15) is 6.92 Å². The predicted molar refractivity (Wildman–Crippen MR) is 58.7 cm³/mol. The van der Waals surface area contributed by atoms with Crippen molar-refractivity contribution >= 4 is 17.8 Å². The predicted octanol–water partition coefficient (Wildman–Crippen LogP) is 1.75. The molecule has 0 radical (unpaired) electrons. The second-order valence-corrected chi connectivity index (χ2v) is 3.05. The van der Waals surface area contributed by atoms with Gasteiger partial charge < -0.3 is 10.1 Å². The van der Waals surface area contributed by atoms with Crippen LogP contribution in [0.2, 0.25) is 0 Å². The van der Waals surface area contributed by atoms with Gasteiger partial charge in [-0.05, 0) is 19.1 Å². The van der Waals surface area contributed by atoms with E-state index >= 15 is 0 Å². The second kappa shape index (κ2) is 6.38. The number of urea groups is 1. The summed E-state index contributed by atoms with van der Waals surface area (Å²) in [6.07, 6.45) is -0.854. The van der Waals surface area contributed by atoms with Gasteiger partial charge in [0.25, 0.3) is 0 Å². The summed E-state index contributed by atoms with van der Waals surface area (Å²) in [4.78, 5) is 22.0. The number of hydrogen-bond donors (Lipinski definition) is 3. The van der Waals surface area contributed by atoms with E-state index in [9.17, 15) is 18.4 Å². The van der Waals surface area contributed by atoms with E-state index in [4.69, 9.17) is 0 Å². The third-order valence-corrected chi connectivity index (χ3v) is 1.73. The summed E-state index contributed by atoms with van der Waals surface area (Å²) in [6.45, 7) is 1.73. The van der Waals surface area contributed by atoms with E-state index in [1.807, 2.05) is 10.9 Å². The molecule has 18 heavy (non-hydrogen) atoms. The maximum absolute atomic E-state index is 13.1. The summed E-state index contributed by atoms with van der Waals surface area (Å²) < 4.78 is 30.2. The molecule has 0 saturated carbocycles. The van der Waals surface area contributed by atoms with Crippen LogP contribution in [0, 0.1) is 11.6 Å². The molecule has 1 rings (SSSR count). The van der Waals surface area contributed by atoms with E-state index in [0.717, 1.165) is 12.1 Å². The Morgan fingerprint density at radius 1 is 1.28 bits per heavy atom. The number of amides is 3. The van der Waals surface area contributed by atoms with Crippen molar-refractivity contribution in [1.29, 1.82) is 0 Å². The van der Waals surface area contributed by atoms with Crippen molar-refractivity contribution in [2.45, 2.75) is 6.92 Å². The lowest BCUT2D eigenvalue weighted by Gasteiger charge is -2.09. The Balaban J connectivity index is 2.47. The molecule has 6 nitrogen and oxygen atoms in total. The number of rotatable bonds is 2. The molecule has 1 aromatic rings. The van der Waals surface area contributed by atoms with Gasteiger partial charge >= 0.3 is 12.1 Å². The van der Waals surface area contributed by atoms with Crippen LogP contribution in [-0.2, 0) is 4.74 Å². The topological polar surface area (TPSA) is 79.5 Å².